The SMILES string of the molecule is [B]C(=O)C1CCC[N-]1.[Y]. The fourth-order valence-electron chi connectivity index (χ4n) is 0.855. The Balaban J connectivity index is 0.000000640. The molecule has 1 fully saturated rings. The van der Waals surface area contributed by atoms with E-state index in [1.807, 2.05) is 0 Å². The van der Waals surface area contributed by atoms with Crippen molar-refractivity contribution in [1.29, 1.82) is 0 Å². The smallest absolute Gasteiger partial charge is 0.165 e. The maximum Gasteiger partial charge on any atom is 0.165 e. The zero-order valence-electron chi connectivity index (χ0n) is 5.21. The molecule has 0 aromatic heterocycles. The van der Waals surface area contributed by atoms with Crippen LogP contribution in [0.1, 0.15) is 12.8 Å². The van der Waals surface area contributed by atoms with E-state index in [0.29, 0.717) is 0 Å². The molecule has 45 valence electrons. The Bertz CT molecular complexity index is 103. The number of hydrogen-bond donors (Lipinski definition) is 0. The standard InChI is InChI=1S/C5H7BNO.Y/c6-5(8)4-2-1-3-7-4;/h4H,1-3H2;/q-1;. The summed E-state index contributed by atoms with van der Waals surface area (Å²) >= 11 is 0. The van der Waals surface area contributed by atoms with E-state index in [0.717, 1.165) is 19.4 Å². The van der Waals surface area contributed by atoms with Crippen LogP contribution in [-0.4, -0.2) is 26.1 Å². The van der Waals surface area contributed by atoms with Crippen LogP contribution < -0.4 is 0 Å². The average Bonchev–Trinajstić information content (AvgIpc) is 2.12. The number of carbonyl (C=O) groups excluding carboxylic acids is 1. The Morgan fingerprint density at radius 1 is 1.67 bits per heavy atom. The minimum absolute atomic E-state index is 0. The van der Waals surface area contributed by atoms with Crippen LogP contribution in [0.2, 0.25) is 0 Å². The first-order chi connectivity index (χ1) is 3.80. The van der Waals surface area contributed by atoms with Crippen LogP contribution in [0.25, 0.3) is 5.32 Å². The summed E-state index contributed by atoms with van der Waals surface area (Å²) in [5, 5.41) is 3.96. The molecule has 0 amide bonds. The van der Waals surface area contributed by atoms with E-state index in [1.165, 1.54) is 0 Å². The summed E-state index contributed by atoms with van der Waals surface area (Å²) in [7, 11) is 4.97. The summed E-state index contributed by atoms with van der Waals surface area (Å²) in [6.45, 7) is 0.813. The summed E-state index contributed by atoms with van der Waals surface area (Å²) in [5.74, 6) is 0. The predicted molar refractivity (Wildman–Crippen MR) is 32.0 cm³/mol. The van der Waals surface area contributed by atoms with Crippen molar-refractivity contribution in [3.8, 4) is 0 Å². The van der Waals surface area contributed by atoms with Gasteiger partial charge >= 0.3 is 0 Å². The van der Waals surface area contributed by atoms with E-state index >= 15 is 0 Å². The second-order valence-corrected chi connectivity index (χ2v) is 1.97. The molecule has 0 aromatic rings. The fourth-order valence-corrected chi connectivity index (χ4v) is 0.855. The monoisotopic (exact) mass is 197 g/mol. The van der Waals surface area contributed by atoms with Crippen molar-refractivity contribution in [3.05, 3.63) is 5.32 Å². The van der Waals surface area contributed by atoms with Crippen LogP contribution in [-0.2, 0) is 37.5 Å². The predicted octanol–water partition coefficient (Wildman–Crippen LogP) is 0.215. The van der Waals surface area contributed by atoms with Gasteiger partial charge in [0.2, 0.25) is 0 Å². The molecule has 1 aliphatic heterocycles. The van der Waals surface area contributed by atoms with E-state index in [-0.39, 0.29) is 44.4 Å². The molecule has 9 heavy (non-hydrogen) atoms. The Kier molecular flexibility index (Phi) is 5.00. The molecule has 0 spiro atoms. The van der Waals surface area contributed by atoms with Crippen LogP contribution in [0.5, 0.6) is 0 Å². The van der Waals surface area contributed by atoms with Crippen molar-refractivity contribution in [2.75, 3.05) is 6.54 Å². The van der Waals surface area contributed by atoms with Crippen molar-refractivity contribution < 1.29 is 37.5 Å². The van der Waals surface area contributed by atoms with Crippen LogP contribution >= 0.6 is 0 Å². The molecule has 0 aliphatic carbocycles. The number of rotatable bonds is 1. The first-order valence-electron chi connectivity index (χ1n) is 2.76. The van der Waals surface area contributed by atoms with Gasteiger partial charge in [-0.2, -0.15) is 0 Å². The molecule has 1 heterocycles. The molecule has 1 rings (SSSR count). The van der Waals surface area contributed by atoms with Crippen molar-refractivity contribution in [2.45, 2.75) is 18.9 Å². The maximum absolute atomic E-state index is 10.3. The van der Waals surface area contributed by atoms with E-state index in [9.17, 15) is 4.79 Å². The first-order valence-corrected chi connectivity index (χ1v) is 2.76. The summed E-state index contributed by atoms with van der Waals surface area (Å²) in [5.41, 5.74) is -0.275. The molecule has 1 aliphatic rings. The summed E-state index contributed by atoms with van der Waals surface area (Å²) in [6.07, 6.45) is 1.88. The van der Waals surface area contributed by atoms with Crippen molar-refractivity contribution in [3.63, 3.8) is 0 Å². The quantitative estimate of drug-likeness (QED) is 0.552. The topological polar surface area (TPSA) is 31.2 Å². The van der Waals surface area contributed by atoms with Crippen LogP contribution in [0.4, 0.5) is 0 Å². The Hall–Kier alpha value is 0.799. The maximum atomic E-state index is 10.3. The Morgan fingerprint density at radius 2 is 2.33 bits per heavy atom. The van der Waals surface area contributed by atoms with Gasteiger partial charge in [-0.3, -0.25) is 0 Å². The number of nitrogens with zero attached hydrogens (tertiary/aromatic N) is 1. The van der Waals surface area contributed by atoms with Gasteiger partial charge in [0, 0.05) is 32.7 Å². The first kappa shape index (κ1) is 9.80. The van der Waals surface area contributed by atoms with Crippen molar-refractivity contribution in [1.82, 2.24) is 0 Å². The molecule has 0 bridgehead atoms. The van der Waals surface area contributed by atoms with Gasteiger partial charge in [0.25, 0.3) is 0 Å². The number of carbonyl (C=O) groups is 1. The molecule has 1 saturated heterocycles. The Labute approximate surface area is 81.4 Å². The number of hydrogen-bond acceptors (Lipinski definition) is 1. The summed E-state index contributed by atoms with van der Waals surface area (Å²) in [4.78, 5) is 10.3. The third-order valence-electron chi connectivity index (χ3n) is 1.31. The van der Waals surface area contributed by atoms with E-state index in [2.05, 4.69) is 5.32 Å². The minimum Gasteiger partial charge on any atom is -0.654 e. The third-order valence-corrected chi connectivity index (χ3v) is 1.31. The average molecular weight is 197 g/mol. The summed E-state index contributed by atoms with van der Waals surface area (Å²) in [6, 6.07) is -0.171. The molecular weight excluding hydrogens is 190 g/mol. The molecule has 4 heteroatoms. The van der Waals surface area contributed by atoms with E-state index < -0.39 is 0 Å². The molecular formula is C5H7BNOY-. The van der Waals surface area contributed by atoms with Crippen molar-refractivity contribution in [2.24, 2.45) is 0 Å². The minimum atomic E-state index is -0.275. The molecule has 2 nitrogen and oxygen atoms in total. The molecule has 0 saturated carbocycles. The van der Waals surface area contributed by atoms with E-state index in [4.69, 9.17) is 7.85 Å². The summed E-state index contributed by atoms with van der Waals surface area (Å²) < 4.78 is 0. The van der Waals surface area contributed by atoms with Gasteiger partial charge in [-0.15, -0.1) is 6.54 Å². The van der Waals surface area contributed by atoms with E-state index in [1.54, 1.807) is 0 Å². The molecule has 1 atom stereocenters. The van der Waals surface area contributed by atoms with Gasteiger partial charge < -0.3 is 10.1 Å². The van der Waals surface area contributed by atoms with Gasteiger partial charge in [-0.25, -0.2) is 0 Å². The second-order valence-electron chi connectivity index (χ2n) is 1.97. The zero-order valence-corrected chi connectivity index (χ0v) is 8.05. The molecule has 0 N–H and O–H groups in total. The fraction of sp³-hybridized carbons (Fsp3) is 0.800. The molecule has 3 radical (unpaired) electrons. The van der Waals surface area contributed by atoms with Crippen LogP contribution in [0.15, 0.2) is 0 Å². The van der Waals surface area contributed by atoms with Gasteiger partial charge in [-0.05, 0) is 0 Å². The normalized spacial score (nSPS) is 25.1. The molecule has 0 aromatic carbocycles. The molecule has 1 unspecified atom stereocenters. The van der Waals surface area contributed by atoms with Crippen LogP contribution in [0.3, 0.4) is 0 Å². The third kappa shape index (κ3) is 2.92. The van der Waals surface area contributed by atoms with Gasteiger partial charge in [0.05, 0.1) is 5.68 Å². The van der Waals surface area contributed by atoms with Gasteiger partial charge in [0.1, 0.15) is 0 Å². The van der Waals surface area contributed by atoms with Crippen LogP contribution in [0, 0.1) is 0 Å². The second kappa shape index (κ2) is 4.59. The Morgan fingerprint density at radius 3 is 2.56 bits per heavy atom. The van der Waals surface area contributed by atoms with Crippen molar-refractivity contribution >= 4 is 13.5 Å². The largest absolute Gasteiger partial charge is 0.654 e. The van der Waals surface area contributed by atoms with Gasteiger partial charge in [0.15, 0.2) is 7.85 Å². The van der Waals surface area contributed by atoms with Gasteiger partial charge in [-0.1, -0.05) is 18.9 Å². The zero-order chi connectivity index (χ0) is 5.98.